The second kappa shape index (κ2) is 10.1. The van der Waals surface area contributed by atoms with Crippen LogP contribution in [0.2, 0.25) is 0 Å². The molecular weight excluding hydrogens is 408 g/mol. The monoisotopic (exact) mass is 436 g/mol. The minimum atomic E-state index is -0.959. The van der Waals surface area contributed by atoms with E-state index in [1.807, 2.05) is 31.3 Å². The van der Waals surface area contributed by atoms with Gasteiger partial charge in [0.05, 0.1) is 0 Å². The van der Waals surface area contributed by atoms with Crippen LogP contribution in [0.15, 0.2) is 78.9 Å². The van der Waals surface area contributed by atoms with Crippen LogP contribution in [0.1, 0.15) is 47.1 Å². The second-order valence-corrected chi connectivity index (χ2v) is 8.27. The number of nitrogens with one attached hydrogen (secondary N) is 2. The lowest BCUT2D eigenvalue weighted by Crippen LogP contribution is -2.15. The summed E-state index contributed by atoms with van der Waals surface area (Å²) < 4.78 is 0. The second-order valence-electron chi connectivity index (χ2n) is 8.27. The molecule has 0 amide bonds. The normalized spacial score (nSPS) is 14.5. The molecule has 4 nitrogen and oxygen atoms in total. The van der Waals surface area contributed by atoms with E-state index in [9.17, 15) is 4.79 Å². The maximum absolute atomic E-state index is 10.9. The number of hydrogen-bond donors (Lipinski definition) is 3. The number of hydrogen-bond acceptors (Lipinski definition) is 3. The molecule has 1 aliphatic carbocycles. The van der Waals surface area contributed by atoms with Gasteiger partial charge in [-0.1, -0.05) is 67.1 Å². The molecule has 0 radical (unpaired) electrons. The van der Waals surface area contributed by atoms with Crippen LogP contribution in [0.25, 0.3) is 17.2 Å². The van der Waals surface area contributed by atoms with Crippen LogP contribution < -0.4 is 5.32 Å². The molecule has 1 saturated carbocycles. The molecule has 0 spiro atoms. The molecule has 166 valence electrons. The standard InChI is InChI=1S/C29H28N2O2/c1-31-26-16-15-24(18-25(26)19-30)29(23-13-10-20(11-14-23)12-17-27(32)33)28(22-8-5-9-22)21-6-3-2-4-7-21/h2-4,6-7,10-19,22,30-31H,5,8-9H2,1H3,(H,32,33)/b17-12+,29-28-,30-19?. The van der Waals surface area contributed by atoms with Gasteiger partial charge in [0.1, 0.15) is 0 Å². The SMILES string of the molecule is CNc1ccc(/C(=C(/c2ccccc2)C2CCC2)c2ccc(/C=C/C(=O)O)cc2)cc1C=N. The zero-order valence-corrected chi connectivity index (χ0v) is 18.7. The van der Waals surface area contributed by atoms with Crippen LogP contribution in [0, 0.1) is 11.3 Å². The maximum Gasteiger partial charge on any atom is 0.328 e. The molecule has 4 rings (SSSR count). The molecule has 0 saturated heterocycles. The maximum atomic E-state index is 10.9. The Hall–Kier alpha value is -3.92. The highest BCUT2D eigenvalue weighted by Crippen LogP contribution is 2.45. The minimum Gasteiger partial charge on any atom is -0.478 e. The third kappa shape index (κ3) is 4.96. The summed E-state index contributed by atoms with van der Waals surface area (Å²) >= 11 is 0. The average Bonchev–Trinajstić information content (AvgIpc) is 2.82. The van der Waals surface area contributed by atoms with Gasteiger partial charge in [-0.05, 0) is 70.4 Å². The number of aliphatic carboxylic acids is 1. The highest BCUT2D eigenvalue weighted by molar-refractivity contribution is 6.01. The van der Waals surface area contributed by atoms with Crippen molar-refractivity contribution in [3.05, 3.63) is 107 Å². The van der Waals surface area contributed by atoms with Gasteiger partial charge in [-0.25, -0.2) is 4.79 Å². The van der Waals surface area contributed by atoms with Crippen molar-refractivity contribution in [1.82, 2.24) is 0 Å². The summed E-state index contributed by atoms with van der Waals surface area (Å²) in [4.78, 5) is 10.9. The largest absolute Gasteiger partial charge is 0.478 e. The van der Waals surface area contributed by atoms with Crippen molar-refractivity contribution in [2.75, 3.05) is 12.4 Å². The molecule has 0 aromatic heterocycles. The summed E-state index contributed by atoms with van der Waals surface area (Å²) in [6.45, 7) is 0. The van der Waals surface area contributed by atoms with Crippen LogP contribution in [0.4, 0.5) is 5.69 Å². The average molecular weight is 437 g/mol. The van der Waals surface area contributed by atoms with Crippen LogP contribution in [-0.4, -0.2) is 24.3 Å². The van der Waals surface area contributed by atoms with E-state index in [-0.39, 0.29) is 0 Å². The Kier molecular flexibility index (Phi) is 6.84. The first kappa shape index (κ1) is 22.3. The van der Waals surface area contributed by atoms with E-state index < -0.39 is 5.97 Å². The molecule has 33 heavy (non-hydrogen) atoms. The number of rotatable bonds is 8. The zero-order chi connectivity index (χ0) is 23.2. The van der Waals surface area contributed by atoms with E-state index >= 15 is 0 Å². The lowest BCUT2D eigenvalue weighted by Gasteiger charge is -2.32. The summed E-state index contributed by atoms with van der Waals surface area (Å²) in [7, 11) is 1.87. The molecule has 3 aromatic carbocycles. The van der Waals surface area contributed by atoms with Crippen molar-refractivity contribution in [2.24, 2.45) is 5.92 Å². The summed E-state index contributed by atoms with van der Waals surface area (Å²) in [5.74, 6) is -0.471. The van der Waals surface area contributed by atoms with Crippen LogP contribution in [-0.2, 0) is 4.79 Å². The lowest BCUT2D eigenvalue weighted by molar-refractivity contribution is -0.131. The molecule has 0 bridgehead atoms. The van der Waals surface area contributed by atoms with E-state index in [1.54, 1.807) is 6.08 Å². The fourth-order valence-electron chi connectivity index (χ4n) is 4.37. The first-order valence-electron chi connectivity index (χ1n) is 11.2. The Morgan fingerprint density at radius 1 is 0.970 bits per heavy atom. The fraction of sp³-hybridized carbons (Fsp3) is 0.172. The third-order valence-electron chi connectivity index (χ3n) is 6.25. The van der Waals surface area contributed by atoms with E-state index in [0.29, 0.717) is 5.92 Å². The molecule has 4 heteroatoms. The van der Waals surface area contributed by atoms with Gasteiger partial charge < -0.3 is 15.8 Å². The van der Waals surface area contributed by atoms with Crippen molar-refractivity contribution < 1.29 is 9.90 Å². The fourth-order valence-corrected chi connectivity index (χ4v) is 4.37. The van der Waals surface area contributed by atoms with E-state index in [4.69, 9.17) is 10.5 Å². The van der Waals surface area contributed by atoms with Gasteiger partial charge in [-0.15, -0.1) is 0 Å². The Morgan fingerprint density at radius 3 is 2.24 bits per heavy atom. The predicted molar refractivity (Wildman–Crippen MR) is 137 cm³/mol. The molecular formula is C29H28N2O2. The first-order valence-corrected chi connectivity index (χ1v) is 11.2. The Bertz CT molecular complexity index is 1200. The van der Waals surface area contributed by atoms with Crippen LogP contribution in [0.5, 0.6) is 0 Å². The molecule has 0 unspecified atom stereocenters. The molecule has 0 heterocycles. The summed E-state index contributed by atoms with van der Waals surface area (Å²) in [5.41, 5.74) is 8.50. The van der Waals surface area contributed by atoms with E-state index in [1.165, 1.54) is 42.2 Å². The summed E-state index contributed by atoms with van der Waals surface area (Å²) in [6, 6.07) is 24.8. The number of anilines is 1. The van der Waals surface area contributed by atoms with Gasteiger partial charge in [0.15, 0.2) is 0 Å². The van der Waals surface area contributed by atoms with Crippen LogP contribution >= 0.6 is 0 Å². The predicted octanol–water partition coefficient (Wildman–Crippen LogP) is 6.58. The van der Waals surface area contributed by atoms with Gasteiger partial charge in [0.25, 0.3) is 0 Å². The zero-order valence-electron chi connectivity index (χ0n) is 18.7. The molecule has 1 aliphatic rings. The Morgan fingerprint density at radius 2 is 1.67 bits per heavy atom. The number of allylic oxidation sites excluding steroid dienone is 1. The summed E-state index contributed by atoms with van der Waals surface area (Å²) in [5, 5.41) is 20.0. The number of benzene rings is 3. The van der Waals surface area contributed by atoms with Crippen molar-refractivity contribution in [1.29, 1.82) is 5.41 Å². The summed E-state index contributed by atoms with van der Waals surface area (Å²) in [6.07, 6.45) is 7.71. The van der Waals surface area contributed by atoms with Crippen LogP contribution in [0.3, 0.4) is 0 Å². The van der Waals surface area contributed by atoms with Gasteiger partial charge in [-0.3, -0.25) is 0 Å². The quantitative estimate of drug-likeness (QED) is 0.212. The first-order chi connectivity index (χ1) is 16.1. The van der Waals surface area contributed by atoms with Crippen molar-refractivity contribution >= 4 is 35.1 Å². The molecule has 0 aliphatic heterocycles. The molecule has 0 atom stereocenters. The highest BCUT2D eigenvalue weighted by Gasteiger charge is 2.27. The van der Waals surface area contributed by atoms with Gasteiger partial charge in [0.2, 0.25) is 0 Å². The minimum absolute atomic E-state index is 0.487. The van der Waals surface area contributed by atoms with Gasteiger partial charge in [-0.2, -0.15) is 0 Å². The van der Waals surface area contributed by atoms with E-state index in [0.717, 1.165) is 34.0 Å². The highest BCUT2D eigenvalue weighted by atomic mass is 16.4. The Balaban J connectivity index is 1.93. The molecule has 1 fully saturated rings. The number of carbonyl (C=O) groups is 1. The lowest BCUT2D eigenvalue weighted by atomic mass is 9.73. The molecule has 3 N–H and O–H groups in total. The van der Waals surface area contributed by atoms with Crippen molar-refractivity contribution in [3.63, 3.8) is 0 Å². The number of carboxylic acids is 1. The van der Waals surface area contributed by atoms with Gasteiger partial charge in [0, 0.05) is 30.6 Å². The van der Waals surface area contributed by atoms with Crippen molar-refractivity contribution in [3.8, 4) is 0 Å². The topological polar surface area (TPSA) is 73.2 Å². The smallest absolute Gasteiger partial charge is 0.328 e. The van der Waals surface area contributed by atoms with Gasteiger partial charge >= 0.3 is 5.97 Å². The molecule has 3 aromatic rings. The number of carboxylic acid groups (broad SMARTS) is 1. The third-order valence-corrected chi connectivity index (χ3v) is 6.25. The van der Waals surface area contributed by atoms with E-state index in [2.05, 4.69) is 53.8 Å². The van der Waals surface area contributed by atoms with Crippen molar-refractivity contribution in [2.45, 2.75) is 19.3 Å². The Labute approximate surface area is 194 Å².